The first-order valence-electron chi connectivity index (χ1n) is 2.31. The fraction of sp³-hybridized carbons (Fsp3) is 0.400. The van der Waals surface area contributed by atoms with Crippen LogP contribution < -0.4 is 5.73 Å². The first kappa shape index (κ1) is 7.17. The average Bonchev–Trinajstić information content (AvgIpc) is 1.66. The van der Waals surface area contributed by atoms with E-state index in [1.807, 2.05) is 0 Å². The van der Waals surface area contributed by atoms with E-state index in [1.54, 1.807) is 0 Å². The third kappa shape index (κ3) is 5.17. The summed E-state index contributed by atoms with van der Waals surface area (Å²) in [5.74, 6) is -0.380. The molecule has 0 aromatic rings. The number of aliphatic hydroxyl groups is 1. The summed E-state index contributed by atoms with van der Waals surface area (Å²) in [5.41, 5.74) is 4.76. The molecule has 0 heterocycles. The molecule has 8 heavy (non-hydrogen) atoms. The lowest BCUT2D eigenvalue weighted by atomic mass is 10.4. The molecule has 1 amide bonds. The van der Waals surface area contributed by atoms with Gasteiger partial charge in [-0.1, -0.05) is 12.2 Å². The number of carbonyl (C=O) groups is 1. The molecule has 0 spiro atoms. The van der Waals surface area contributed by atoms with Crippen LogP contribution >= 0.6 is 0 Å². The molecule has 0 rings (SSSR count). The molecule has 0 atom stereocenters. The zero-order valence-corrected chi connectivity index (χ0v) is 4.50. The van der Waals surface area contributed by atoms with Gasteiger partial charge in [0.25, 0.3) is 0 Å². The molecule has 0 aliphatic rings. The minimum atomic E-state index is -0.380. The van der Waals surface area contributed by atoms with E-state index in [-0.39, 0.29) is 18.9 Å². The predicted octanol–water partition coefficient (Wildman–Crippen LogP) is -0.590. The van der Waals surface area contributed by atoms with Crippen LogP contribution in [0.15, 0.2) is 12.2 Å². The second-order valence-corrected chi connectivity index (χ2v) is 1.32. The number of rotatable bonds is 3. The molecule has 0 aromatic heterocycles. The monoisotopic (exact) mass is 115 g/mol. The molecular weight excluding hydrogens is 106 g/mol. The van der Waals surface area contributed by atoms with Gasteiger partial charge in [0.05, 0.1) is 6.61 Å². The van der Waals surface area contributed by atoms with Crippen molar-refractivity contribution in [2.75, 3.05) is 6.61 Å². The fourth-order valence-electron chi connectivity index (χ4n) is 0.274. The molecular formula is C5H9NO2. The van der Waals surface area contributed by atoms with Gasteiger partial charge >= 0.3 is 0 Å². The van der Waals surface area contributed by atoms with E-state index in [0.29, 0.717) is 0 Å². The number of hydrogen-bond acceptors (Lipinski definition) is 2. The van der Waals surface area contributed by atoms with Gasteiger partial charge in [0, 0.05) is 6.42 Å². The molecule has 46 valence electrons. The highest BCUT2D eigenvalue weighted by Crippen LogP contribution is 1.77. The van der Waals surface area contributed by atoms with Crippen molar-refractivity contribution in [3.05, 3.63) is 12.2 Å². The van der Waals surface area contributed by atoms with Gasteiger partial charge in [-0.3, -0.25) is 4.79 Å². The van der Waals surface area contributed by atoms with Crippen molar-refractivity contribution >= 4 is 5.91 Å². The summed E-state index contributed by atoms with van der Waals surface area (Å²) in [7, 11) is 0. The average molecular weight is 115 g/mol. The molecule has 3 N–H and O–H groups in total. The van der Waals surface area contributed by atoms with E-state index in [9.17, 15) is 4.79 Å². The van der Waals surface area contributed by atoms with Crippen molar-refractivity contribution in [2.45, 2.75) is 6.42 Å². The summed E-state index contributed by atoms with van der Waals surface area (Å²) in [6.45, 7) is -0.0344. The lowest BCUT2D eigenvalue weighted by molar-refractivity contribution is -0.117. The van der Waals surface area contributed by atoms with Crippen LogP contribution in [0.25, 0.3) is 0 Å². The van der Waals surface area contributed by atoms with Crippen molar-refractivity contribution in [2.24, 2.45) is 5.73 Å². The molecule has 0 radical (unpaired) electrons. The largest absolute Gasteiger partial charge is 0.392 e. The van der Waals surface area contributed by atoms with Gasteiger partial charge in [0.2, 0.25) is 5.91 Å². The molecule has 0 aliphatic heterocycles. The van der Waals surface area contributed by atoms with Crippen LogP contribution in [0.3, 0.4) is 0 Å². The SMILES string of the molecule is NC(=O)C/C=C/CO. The van der Waals surface area contributed by atoms with Crippen LogP contribution in [0.2, 0.25) is 0 Å². The van der Waals surface area contributed by atoms with Crippen molar-refractivity contribution < 1.29 is 9.90 Å². The molecule has 0 saturated heterocycles. The van der Waals surface area contributed by atoms with Crippen molar-refractivity contribution in [1.29, 1.82) is 0 Å². The van der Waals surface area contributed by atoms with Crippen LogP contribution in [0.5, 0.6) is 0 Å². The molecule has 0 aliphatic carbocycles. The normalized spacial score (nSPS) is 10.1. The molecule has 3 nitrogen and oxygen atoms in total. The Morgan fingerprint density at radius 2 is 2.25 bits per heavy atom. The Hall–Kier alpha value is -0.830. The molecule has 0 saturated carbocycles. The molecule has 0 fully saturated rings. The molecule has 3 heteroatoms. The number of aliphatic hydroxyl groups excluding tert-OH is 1. The van der Waals surface area contributed by atoms with Crippen molar-refractivity contribution in [1.82, 2.24) is 0 Å². The predicted molar refractivity (Wildman–Crippen MR) is 30.0 cm³/mol. The maximum absolute atomic E-state index is 9.96. The lowest BCUT2D eigenvalue weighted by Crippen LogP contribution is -2.07. The topological polar surface area (TPSA) is 63.3 Å². The Labute approximate surface area is 47.8 Å². The minimum absolute atomic E-state index is 0.0344. The molecule has 0 bridgehead atoms. The maximum atomic E-state index is 9.96. The Morgan fingerprint density at radius 1 is 1.62 bits per heavy atom. The molecule has 0 aromatic carbocycles. The standard InChI is InChI=1S/C5H9NO2/c6-5(8)3-1-2-4-7/h1-2,7H,3-4H2,(H2,6,8)/b2-1+. The molecule has 0 unspecified atom stereocenters. The minimum Gasteiger partial charge on any atom is -0.392 e. The van der Waals surface area contributed by atoms with Gasteiger partial charge in [0.1, 0.15) is 0 Å². The third-order valence-electron chi connectivity index (χ3n) is 0.591. The highest BCUT2D eigenvalue weighted by atomic mass is 16.2. The van der Waals surface area contributed by atoms with Crippen LogP contribution in [-0.2, 0) is 4.79 Å². The van der Waals surface area contributed by atoms with Gasteiger partial charge in [-0.05, 0) is 0 Å². The summed E-state index contributed by atoms with van der Waals surface area (Å²) < 4.78 is 0. The fourth-order valence-corrected chi connectivity index (χ4v) is 0.274. The van der Waals surface area contributed by atoms with Gasteiger partial charge in [0.15, 0.2) is 0 Å². The highest BCUT2D eigenvalue weighted by molar-refractivity contribution is 5.75. The summed E-state index contributed by atoms with van der Waals surface area (Å²) >= 11 is 0. The van der Waals surface area contributed by atoms with Crippen molar-refractivity contribution in [3.8, 4) is 0 Å². The van der Waals surface area contributed by atoms with Crippen molar-refractivity contribution in [3.63, 3.8) is 0 Å². The van der Waals surface area contributed by atoms with Gasteiger partial charge in [-0.15, -0.1) is 0 Å². The van der Waals surface area contributed by atoms with Crippen LogP contribution in [-0.4, -0.2) is 17.6 Å². The third-order valence-corrected chi connectivity index (χ3v) is 0.591. The highest BCUT2D eigenvalue weighted by Gasteiger charge is 1.83. The Morgan fingerprint density at radius 3 is 2.62 bits per heavy atom. The summed E-state index contributed by atoms with van der Waals surface area (Å²) in [6.07, 6.45) is 3.22. The second-order valence-electron chi connectivity index (χ2n) is 1.32. The Balaban J connectivity index is 3.16. The zero-order valence-electron chi connectivity index (χ0n) is 4.50. The van der Waals surface area contributed by atoms with Gasteiger partial charge in [-0.25, -0.2) is 0 Å². The van der Waals surface area contributed by atoms with Crippen LogP contribution in [0, 0.1) is 0 Å². The van der Waals surface area contributed by atoms with Gasteiger partial charge in [-0.2, -0.15) is 0 Å². The van der Waals surface area contributed by atoms with E-state index in [4.69, 9.17) is 10.8 Å². The van der Waals surface area contributed by atoms with Crippen LogP contribution in [0.4, 0.5) is 0 Å². The Kier molecular flexibility index (Phi) is 3.88. The Bertz CT molecular complexity index is 98.6. The van der Waals surface area contributed by atoms with E-state index < -0.39 is 0 Å². The first-order chi connectivity index (χ1) is 3.77. The number of nitrogens with two attached hydrogens (primary N) is 1. The van der Waals surface area contributed by atoms with E-state index >= 15 is 0 Å². The summed E-state index contributed by atoms with van der Waals surface area (Å²) in [5, 5.41) is 8.14. The van der Waals surface area contributed by atoms with E-state index in [1.165, 1.54) is 12.2 Å². The summed E-state index contributed by atoms with van der Waals surface area (Å²) in [4.78, 5) is 9.96. The second kappa shape index (κ2) is 4.33. The quantitative estimate of drug-likeness (QED) is 0.483. The van der Waals surface area contributed by atoms with Gasteiger partial charge < -0.3 is 10.8 Å². The number of amides is 1. The van der Waals surface area contributed by atoms with E-state index in [0.717, 1.165) is 0 Å². The van der Waals surface area contributed by atoms with Crippen LogP contribution in [0.1, 0.15) is 6.42 Å². The summed E-state index contributed by atoms with van der Waals surface area (Å²) in [6, 6.07) is 0. The number of hydrogen-bond donors (Lipinski definition) is 2. The zero-order chi connectivity index (χ0) is 6.41. The maximum Gasteiger partial charge on any atom is 0.221 e. The number of carbonyl (C=O) groups excluding carboxylic acids is 1. The van der Waals surface area contributed by atoms with E-state index in [2.05, 4.69) is 0 Å². The smallest absolute Gasteiger partial charge is 0.221 e. The number of primary amides is 1. The lowest BCUT2D eigenvalue weighted by Gasteiger charge is -1.81. The first-order valence-corrected chi connectivity index (χ1v) is 2.31.